The van der Waals surface area contributed by atoms with Crippen molar-refractivity contribution >= 4 is 15.9 Å². The van der Waals surface area contributed by atoms with E-state index in [1.54, 1.807) is 0 Å². The van der Waals surface area contributed by atoms with Gasteiger partial charge in [-0.2, -0.15) is 0 Å². The normalized spacial score (nSPS) is 12.8. The number of rotatable bonds is 6. The highest BCUT2D eigenvalue weighted by Crippen LogP contribution is 2.17. The van der Waals surface area contributed by atoms with Crippen LogP contribution in [-0.4, -0.2) is 13.1 Å². The number of hydrogen-bond donors (Lipinski definition) is 1. The van der Waals surface area contributed by atoms with Crippen molar-refractivity contribution in [3.05, 3.63) is 34.1 Å². The number of nitrogens with one attached hydrogen (secondary N) is 1. The highest BCUT2D eigenvalue weighted by atomic mass is 79.9. The largest absolute Gasteiger partial charge is 0.317 e. The van der Waals surface area contributed by atoms with Gasteiger partial charge in [-0.05, 0) is 44.0 Å². The molecule has 1 N–H and O–H groups in total. The van der Waals surface area contributed by atoms with Gasteiger partial charge in [-0.25, -0.2) is 4.39 Å². The summed E-state index contributed by atoms with van der Waals surface area (Å²) in [7, 11) is 1.97. The Kier molecular flexibility index (Phi) is 5.99. The summed E-state index contributed by atoms with van der Waals surface area (Å²) >= 11 is 3.26. The van der Waals surface area contributed by atoms with Crippen LogP contribution >= 0.6 is 15.9 Å². The summed E-state index contributed by atoms with van der Waals surface area (Å²) in [6.45, 7) is 2.17. The van der Waals surface area contributed by atoms with E-state index in [0.717, 1.165) is 35.7 Å². The van der Waals surface area contributed by atoms with Gasteiger partial charge in [0, 0.05) is 10.5 Å². The number of aryl methyl sites for hydroxylation is 1. The minimum Gasteiger partial charge on any atom is -0.317 e. The van der Waals surface area contributed by atoms with Crippen LogP contribution in [0.15, 0.2) is 22.7 Å². The Labute approximate surface area is 106 Å². The molecule has 0 aromatic heterocycles. The van der Waals surface area contributed by atoms with E-state index < -0.39 is 0 Å². The van der Waals surface area contributed by atoms with Crippen molar-refractivity contribution < 1.29 is 4.39 Å². The zero-order valence-corrected chi connectivity index (χ0v) is 11.5. The molecule has 90 valence electrons. The summed E-state index contributed by atoms with van der Waals surface area (Å²) in [4.78, 5) is 0. The number of benzene rings is 1. The van der Waals surface area contributed by atoms with Crippen molar-refractivity contribution in [3.8, 4) is 0 Å². The Morgan fingerprint density at radius 3 is 2.69 bits per heavy atom. The second-order valence-corrected chi connectivity index (χ2v) is 4.96. The molecule has 0 spiro atoms. The summed E-state index contributed by atoms with van der Waals surface area (Å²) in [5, 5.41) is 3.27. The third kappa shape index (κ3) is 4.22. The van der Waals surface area contributed by atoms with Crippen LogP contribution in [0.2, 0.25) is 0 Å². The SMILES string of the molecule is CCCC(CCc1ccc(Br)cc1F)NC. The fourth-order valence-electron chi connectivity index (χ4n) is 1.84. The Morgan fingerprint density at radius 1 is 1.38 bits per heavy atom. The maximum Gasteiger partial charge on any atom is 0.127 e. The second-order valence-electron chi connectivity index (χ2n) is 4.05. The van der Waals surface area contributed by atoms with Gasteiger partial charge in [0.2, 0.25) is 0 Å². The number of hydrogen-bond acceptors (Lipinski definition) is 1. The van der Waals surface area contributed by atoms with Gasteiger partial charge in [0.25, 0.3) is 0 Å². The molecule has 1 atom stereocenters. The molecular formula is C13H19BrFN. The first-order valence-corrected chi connectivity index (χ1v) is 6.57. The van der Waals surface area contributed by atoms with E-state index in [-0.39, 0.29) is 5.82 Å². The molecule has 1 aromatic rings. The van der Waals surface area contributed by atoms with Gasteiger partial charge in [-0.15, -0.1) is 0 Å². The molecule has 0 bridgehead atoms. The van der Waals surface area contributed by atoms with Crippen LogP contribution in [0.1, 0.15) is 31.7 Å². The van der Waals surface area contributed by atoms with Crippen molar-refractivity contribution in [2.24, 2.45) is 0 Å². The first kappa shape index (κ1) is 13.7. The lowest BCUT2D eigenvalue weighted by Gasteiger charge is -2.15. The van der Waals surface area contributed by atoms with Crippen molar-refractivity contribution in [2.75, 3.05) is 7.05 Å². The molecule has 1 nitrogen and oxygen atoms in total. The molecule has 0 aliphatic carbocycles. The monoisotopic (exact) mass is 287 g/mol. The highest BCUT2D eigenvalue weighted by Gasteiger charge is 2.07. The van der Waals surface area contributed by atoms with Crippen LogP contribution in [-0.2, 0) is 6.42 Å². The first-order valence-electron chi connectivity index (χ1n) is 5.78. The molecule has 0 heterocycles. The second kappa shape index (κ2) is 7.02. The van der Waals surface area contributed by atoms with Gasteiger partial charge in [-0.3, -0.25) is 0 Å². The molecule has 16 heavy (non-hydrogen) atoms. The van der Waals surface area contributed by atoms with E-state index in [4.69, 9.17) is 0 Å². The Bertz CT molecular complexity index is 328. The molecule has 1 unspecified atom stereocenters. The summed E-state index contributed by atoms with van der Waals surface area (Å²) in [6, 6.07) is 5.78. The Hall–Kier alpha value is -0.410. The van der Waals surface area contributed by atoms with Crippen LogP contribution in [0.4, 0.5) is 4.39 Å². The average Bonchev–Trinajstić information content (AvgIpc) is 2.26. The van der Waals surface area contributed by atoms with E-state index in [0.29, 0.717) is 6.04 Å². The first-order chi connectivity index (χ1) is 7.67. The minimum atomic E-state index is -0.110. The molecule has 3 heteroatoms. The highest BCUT2D eigenvalue weighted by molar-refractivity contribution is 9.10. The minimum absolute atomic E-state index is 0.110. The molecule has 0 aliphatic rings. The maximum absolute atomic E-state index is 13.5. The zero-order chi connectivity index (χ0) is 12.0. The van der Waals surface area contributed by atoms with Crippen molar-refractivity contribution in [1.82, 2.24) is 5.32 Å². The maximum atomic E-state index is 13.5. The van der Waals surface area contributed by atoms with E-state index in [1.807, 2.05) is 19.2 Å². The van der Waals surface area contributed by atoms with E-state index in [1.165, 1.54) is 6.07 Å². The molecular weight excluding hydrogens is 269 g/mol. The standard InChI is InChI=1S/C13H19BrFN/c1-3-4-12(16-2)8-6-10-5-7-11(14)9-13(10)15/h5,7,9,12,16H,3-4,6,8H2,1-2H3. The van der Waals surface area contributed by atoms with Gasteiger partial charge >= 0.3 is 0 Å². The smallest absolute Gasteiger partial charge is 0.127 e. The molecule has 0 amide bonds. The fourth-order valence-corrected chi connectivity index (χ4v) is 2.17. The van der Waals surface area contributed by atoms with Crippen LogP contribution < -0.4 is 5.32 Å². The lowest BCUT2D eigenvalue weighted by atomic mass is 10.0. The predicted octanol–water partition coefficient (Wildman–Crippen LogP) is 3.91. The van der Waals surface area contributed by atoms with Crippen molar-refractivity contribution in [2.45, 2.75) is 38.6 Å². The van der Waals surface area contributed by atoms with Gasteiger partial charge in [0.15, 0.2) is 0 Å². The van der Waals surface area contributed by atoms with E-state index >= 15 is 0 Å². The summed E-state index contributed by atoms with van der Waals surface area (Å²) in [5.74, 6) is -0.110. The van der Waals surface area contributed by atoms with Crippen molar-refractivity contribution in [3.63, 3.8) is 0 Å². The zero-order valence-electron chi connectivity index (χ0n) is 9.89. The van der Waals surface area contributed by atoms with Crippen molar-refractivity contribution in [1.29, 1.82) is 0 Å². The van der Waals surface area contributed by atoms with Gasteiger partial charge in [0.05, 0.1) is 0 Å². The van der Waals surface area contributed by atoms with Crippen LogP contribution in [0.5, 0.6) is 0 Å². The lowest BCUT2D eigenvalue weighted by molar-refractivity contribution is 0.478. The summed E-state index contributed by atoms with van der Waals surface area (Å²) < 4.78 is 14.3. The van der Waals surface area contributed by atoms with Crippen LogP contribution in [0.25, 0.3) is 0 Å². The summed E-state index contributed by atoms with van der Waals surface area (Å²) in [5.41, 5.74) is 0.805. The lowest BCUT2D eigenvalue weighted by Crippen LogP contribution is -2.25. The third-order valence-electron chi connectivity index (χ3n) is 2.82. The summed E-state index contributed by atoms with van der Waals surface area (Å²) in [6.07, 6.45) is 4.09. The molecule has 0 saturated heterocycles. The topological polar surface area (TPSA) is 12.0 Å². The van der Waals surface area contributed by atoms with E-state index in [9.17, 15) is 4.39 Å². The Morgan fingerprint density at radius 2 is 2.12 bits per heavy atom. The van der Waals surface area contributed by atoms with Crippen LogP contribution in [0.3, 0.4) is 0 Å². The molecule has 1 rings (SSSR count). The fraction of sp³-hybridized carbons (Fsp3) is 0.538. The molecule has 1 aromatic carbocycles. The molecule has 0 aliphatic heterocycles. The molecule has 0 saturated carbocycles. The quantitative estimate of drug-likeness (QED) is 0.837. The van der Waals surface area contributed by atoms with Gasteiger partial charge in [0.1, 0.15) is 5.82 Å². The molecule has 0 fully saturated rings. The Balaban J connectivity index is 2.53. The van der Waals surface area contributed by atoms with Gasteiger partial charge in [-0.1, -0.05) is 35.3 Å². The number of halogens is 2. The third-order valence-corrected chi connectivity index (χ3v) is 3.32. The van der Waals surface area contributed by atoms with E-state index in [2.05, 4.69) is 28.2 Å². The van der Waals surface area contributed by atoms with Crippen LogP contribution in [0, 0.1) is 5.82 Å². The molecule has 0 radical (unpaired) electrons. The van der Waals surface area contributed by atoms with Gasteiger partial charge < -0.3 is 5.32 Å². The average molecular weight is 288 g/mol. The predicted molar refractivity (Wildman–Crippen MR) is 70.2 cm³/mol.